The van der Waals surface area contributed by atoms with Crippen LogP contribution in [0.4, 0.5) is 11.4 Å². The van der Waals surface area contributed by atoms with Gasteiger partial charge in [-0.2, -0.15) is 5.10 Å². The van der Waals surface area contributed by atoms with E-state index in [0.29, 0.717) is 11.3 Å². The van der Waals surface area contributed by atoms with Gasteiger partial charge in [-0.1, -0.05) is 28.1 Å². The summed E-state index contributed by atoms with van der Waals surface area (Å²) >= 11 is 2.96. The van der Waals surface area contributed by atoms with E-state index in [4.69, 9.17) is 0 Å². The summed E-state index contributed by atoms with van der Waals surface area (Å²) < 4.78 is 0.0615. The summed E-state index contributed by atoms with van der Waals surface area (Å²) in [6, 6.07) is 8.18. The molecule has 8 nitrogen and oxygen atoms in total. The first-order valence-corrected chi connectivity index (χ1v) is 6.93. The molecule has 0 atom stereocenters. The van der Waals surface area contributed by atoms with Crippen LogP contribution in [0.1, 0.15) is 15.9 Å². The van der Waals surface area contributed by atoms with Gasteiger partial charge in [-0.25, -0.2) is 0 Å². The Morgan fingerprint density at radius 2 is 1.91 bits per heavy atom. The van der Waals surface area contributed by atoms with Crippen molar-refractivity contribution in [2.45, 2.75) is 0 Å². The molecule has 0 bridgehead atoms. The number of anilines is 1. The number of nitrogens with one attached hydrogen (secondary N) is 1. The highest BCUT2D eigenvalue weighted by molar-refractivity contribution is 9.10. The first-order valence-electron chi connectivity index (χ1n) is 6.14. The number of nitrogens with zero attached hydrogens (tertiary/aromatic N) is 2. The maximum Gasteiger partial charge on any atom is 0.263 e. The van der Waals surface area contributed by atoms with Crippen molar-refractivity contribution in [3.05, 3.63) is 62.1 Å². The molecule has 2 aromatic rings. The van der Waals surface area contributed by atoms with Gasteiger partial charge in [-0.3, -0.25) is 15.5 Å². The second kappa shape index (κ2) is 6.88. The van der Waals surface area contributed by atoms with Crippen LogP contribution in [0, 0.1) is 10.1 Å². The molecule has 0 aliphatic rings. The zero-order valence-corrected chi connectivity index (χ0v) is 12.9. The third-order valence-corrected chi connectivity index (χ3v) is 3.36. The number of rotatable bonds is 5. The lowest BCUT2D eigenvalue weighted by molar-refractivity contribution is -0.398. The van der Waals surface area contributed by atoms with Gasteiger partial charge >= 0.3 is 0 Å². The van der Waals surface area contributed by atoms with E-state index < -0.39 is 22.3 Å². The quantitative estimate of drug-likeness (QED) is 0.473. The molecule has 0 saturated heterocycles. The number of carboxylic acid groups (broad SMARTS) is 1. The normalized spacial score (nSPS) is 10.7. The predicted molar refractivity (Wildman–Crippen MR) is 82.2 cm³/mol. The molecule has 0 spiro atoms. The van der Waals surface area contributed by atoms with Crippen molar-refractivity contribution in [2.75, 3.05) is 5.43 Å². The molecular formula is C14H8BrN3O5-2. The average Bonchev–Trinajstić information content (AvgIpc) is 2.50. The number of halogens is 1. The fraction of sp³-hybridized carbons (Fsp3) is 0. The molecular weight excluding hydrogens is 370 g/mol. The van der Waals surface area contributed by atoms with Crippen molar-refractivity contribution < 1.29 is 19.9 Å². The Kier molecular flexibility index (Phi) is 4.91. The highest BCUT2D eigenvalue weighted by Gasteiger charge is 2.10. The van der Waals surface area contributed by atoms with Crippen molar-refractivity contribution >= 4 is 39.5 Å². The number of benzene rings is 2. The summed E-state index contributed by atoms with van der Waals surface area (Å²) in [7, 11) is 0. The molecule has 118 valence electrons. The molecule has 1 N–H and O–H groups in total. The van der Waals surface area contributed by atoms with Gasteiger partial charge in [0.15, 0.2) is 0 Å². The minimum absolute atomic E-state index is 0.0325. The molecule has 23 heavy (non-hydrogen) atoms. The van der Waals surface area contributed by atoms with Crippen LogP contribution >= 0.6 is 15.9 Å². The average molecular weight is 378 g/mol. The summed E-state index contributed by atoms with van der Waals surface area (Å²) in [4.78, 5) is 20.6. The Hall–Kier alpha value is -2.94. The highest BCUT2D eigenvalue weighted by atomic mass is 79.9. The number of hydrogen-bond donors (Lipinski definition) is 1. The molecule has 2 aromatic carbocycles. The highest BCUT2D eigenvalue weighted by Crippen LogP contribution is 2.32. The predicted octanol–water partition coefficient (Wildman–Crippen LogP) is 1.24. The van der Waals surface area contributed by atoms with E-state index in [1.807, 2.05) is 0 Å². The molecule has 2 rings (SSSR count). The third kappa shape index (κ3) is 4.04. The Morgan fingerprint density at radius 3 is 2.48 bits per heavy atom. The number of hydrazone groups is 1. The van der Waals surface area contributed by atoms with E-state index in [2.05, 4.69) is 26.5 Å². The Bertz CT molecular complexity index is 790. The van der Waals surface area contributed by atoms with E-state index >= 15 is 0 Å². The Labute approximate surface area is 138 Å². The minimum atomic E-state index is -1.28. The summed E-state index contributed by atoms with van der Waals surface area (Å²) in [6.45, 7) is 0. The van der Waals surface area contributed by atoms with E-state index in [1.165, 1.54) is 36.5 Å². The van der Waals surface area contributed by atoms with E-state index in [-0.39, 0.29) is 10.0 Å². The number of nitro groups is 1. The van der Waals surface area contributed by atoms with Crippen LogP contribution in [-0.4, -0.2) is 17.1 Å². The van der Waals surface area contributed by atoms with Crippen molar-refractivity contribution in [3.8, 4) is 5.75 Å². The Morgan fingerprint density at radius 1 is 1.26 bits per heavy atom. The second-order valence-corrected chi connectivity index (χ2v) is 5.20. The molecule has 0 unspecified atom stereocenters. The lowest BCUT2D eigenvalue weighted by Gasteiger charge is -2.09. The van der Waals surface area contributed by atoms with Crippen LogP contribution in [0.5, 0.6) is 5.75 Å². The summed E-state index contributed by atoms with van der Waals surface area (Å²) in [6.07, 6.45) is 1.30. The molecule has 0 radical (unpaired) electrons. The topological polar surface area (TPSA) is 131 Å². The SMILES string of the molecule is O=C([O-])c1ccc(N/N=C\c2cc(Br)c([O-])c([N+](=O)[O-])c2)cc1. The van der Waals surface area contributed by atoms with E-state index in [9.17, 15) is 25.1 Å². The van der Waals surface area contributed by atoms with Gasteiger partial charge in [0.25, 0.3) is 5.69 Å². The van der Waals surface area contributed by atoms with Crippen molar-refractivity contribution in [2.24, 2.45) is 5.10 Å². The molecule has 0 aliphatic carbocycles. The zero-order valence-electron chi connectivity index (χ0n) is 11.4. The molecule has 0 amide bonds. The number of hydrogen-bond acceptors (Lipinski definition) is 7. The first-order chi connectivity index (χ1) is 10.9. The van der Waals surface area contributed by atoms with Crippen molar-refractivity contribution in [3.63, 3.8) is 0 Å². The third-order valence-electron chi connectivity index (χ3n) is 2.77. The number of carbonyl (C=O) groups is 1. The van der Waals surface area contributed by atoms with E-state index in [0.717, 1.165) is 6.07 Å². The van der Waals surface area contributed by atoms with E-state index in [1.54, 1.807) is 0 Å². The molecule has 0 aliphatic heterocycles. The van der Waals surface area contributed by atoms with Crippen LogP contribution < -0.4 is 15.6 Å². The fourth-order valence-corrected chi connectivity index (χ4v) is 2.14. The lowest BCUT2D eigenvalue weighted by Crippen LogP contribution is -2.21. The van der Waals surface area contributed by atoms with Gasteiger partial charge in [0, 0.05) is 16.1 Å². The molecule has 0 aromatic heterocycles. The number of nitro benzene ring substituents is 1. The van der Waals surface area contributed by atoms with Gasteiger partial charge in [0.2, 0.25) is 0 Å². The summed E-state index contributed by atoms with van der Waals surface area (Å²) in [5.74, 6) is -1.99. The standard InChI is InChI=1S/C14H10BrN3O5/c15-11-5-8(6-12(13(11)19)18(22)23)7-16-17-10-3-1-9(2-4-10)14(20)21/h1-7,17,19H,(H,20,21)/p-2/b16-7-. The summed E-state index contributed by atoms with van der Waals surface area (Å²) in [5.41, 5.74) is 2.97. The van der Waals surface area contributed by atoms with Gasteiger partial charge in [-0.05, 0) is 29.5 Å². The van der Waals surface area contributed by atoms with Crippen molar-refractivity contribution in [1.82, 2.24) is 0 Å². The molecule has 0 heterocycles. The van der Waals surface area contributed by atoms with Gasteiger partial charge in [0.05, 0.1) is 22.8 Å². The monoisotopic (exact) mass is 377 g/mol. The van der Waals surface area contributed by atoms with Gasteiger partial charge < -0.3 is 15.0 Å². The number of aromatic carboxylic acids is 1. The van der Waals surface area contributed by atoms with Crippen LogP contribution in [0.2, 0.25) is 0 Å². The Balaban J connectivity index is 2.14. The number of carbonyl (C=O) groups excluding carboxylic acids is 1. The molecule has 0 fully saturated rings. The maximum atomic E-state index is 11.5. The lowest BCUT2D eigenvalue weighted by atomic mass is 10.2. The smallest absolute Gasteiger partial charge is 0.263 e. The maximum absolute atomic E-state index is 11.5. The van der Waals surface area contributed by atoms with Crippen molar-refractivity contribution in [1.29, 1.82) is 0 Å². The van der Waals surface area contributed by atoms with Gasteiger partial charge in [0.1, 0.15) is 0 Å². The largest absolute Gasteiger partial charge is 0.867 e. The first kappa shape index (κ1) is 16.4. The summed E-state index contributed by atoms with van der Waals surface area (Å²) in [5, 5.41) is 36.8. The number of carboxylic acids is 1. The fourth-order valence-electron chi connectivity index (χ4n) is 1.67. The second-order valence-electron chi connectivity index (χ2n) is 4.34. The molecule has 0 saturated carbocycles. The van der Waals surface area contributed by atoms with Gasteiger partial charge in [-0.15, -0.1) is 0 Å². The van der Waals surface area contributed by atoms with Crippen LogP contribution in [0.15, 0.2) is 46.0 Å². The zero-order chi connectivity index (χ0) is 17.0. The molecule has 9 heteroatoms. The van der Waals surface area contributed by atoms with Crippen LogP contribution in [-0.2, 0) is 0 Å². The van der Waals surface area contributed by atoms with Crippen LogP contribution in [0.25, 0.3) is 0 Å². The van der Waals surface area contributed by atoms with Crippen LogP contribution in [0.3, 0.4) is 0 Å². The minimum Gasteiger partial charge on any atom is -0.867 e.